The fraction of sp³-hybridized carbons (Fsp3) is 0.292. The van der Waals surface area contributed by atoms with Crippen molar-refractivity contribution in [2.45, 2.75) is 39.7 Å². The van der Waals surface area contributed by atoms with Crippen molar-refractivity contribution in [3.63, 3.8) is 0 Å². The Morgan fingerprint density at radius 2 is 1.97 bits per heavy atom. The summed E-state index contributed by atoms with van der Waals surface area (Å²) in [5, 5.41) is 2.66. The largest absolute Gasteiger partial charge is 0.462 e. The van der Waals surface area contributed by atoms with Crippen LogP contribution in [-0.4, -0.2) is 35.5 Å². The summed E-state index contributed by atoms with van der Waals surface area (Å²) in [5.74, 6) is 1.75. The van der Waals surface area contributed by atoms with Gasteiger partial charge in [-0.2, -0.15) is 0 Å². The predicted octanol–water partition coefficient (Wildman–Crippen LogP) is 3.66. The molecule has 0 atom stereocenters. The summed E-state index contributed by atoms with van der Waals surface area (Å²) in [6.45, 7) is 5.40. The third-order valence-corrected chi connectivity index (χ3v) is 5.41. The third-order valence-electron chi connectivity index (χ3n) is 5.41. The van der Waals surface area contributed by atoms with E-state index in [1.165, 1.54) is 6.92 Å². The molecule has 2 aliphatic rings. The lowest BCUT2D eigenvalue weighted by atomic mass is 9.88. The van der Waals surface area contributed by atoms with Gasteiger partial charge in [-0.05, 0) is 49.9 Å². The van der Waals surface area contributed by atoms with E-state index in [4.69, 9.17) is 4.74 Å². The molecule has 1 aromatic heterocycles. The average Bonchev–Trinajstić information content (AvgIpc) is 3.58. The van der Waals surface area contributed by atoms with Crippen molar-refractivity contribution >= 4 is 34.9 Å². The predicted molar refractivity (Wildman–Crippen MR) is 118 cm³/mol. The summed E-state index contributed by atoms with van der Waals surface area (Å²) in [6.07, 6.45) is 5.47. The topological polar surface area (TPSA) is 88.6 Å². The van der Waals surface area contributed by atoms with Crippen molar-refractivity contribution in [1.82, 2.24) is 4.98 Å². The van der Waals surface area contributed by atoms with Crippen LogP contribution in [0.1, 0.15) is 37.8 Å². The molecule has 0 spiro atoms. The Bertz CT molecular complexity index is 1140. The smallest absolute Gasteiger partial charge is 0.341 e. The van der Waals surface area contributed by atoms with Crippen LogP contribution < -0.4 is 10.2 Å². The van der Waals surface area contributed by atoms with E-state index in [-0.39, 0.29) is 29.7 Å². The summed E-state index contributed by atoms with van der Waals surface area (Å²) in [5.41, 5.74) is 4.87. The molecule has 1 fully saturated rings. The molecule has 1 aliphatic carbocycles. The van der Waals surface area contributed by atoms with Crippen molar-refractivity contribution in [3.8, 4) is 11.1 Å². The zero-order chi connectivity index (χ0) is 22.1. The number of carbonyl (C=O) groups is 2. The highest BCUT2D eigenvalue weighted by Crippen LogP contribution is 2.46. The average molecular weight is 417 g/mol. The third kappa shape index (κ3) is 3.88. The Kier molecular flexibility index (Phi) is 5.44. The van der Waals surface area contributed by atoms with Crippen molar-refractivity contribution in [1.29, 1.82) is 0 Å². The van der Waals surface area contributed by atoms with Gasteiger partial charge in [0.15, 0.2) is 0 Å². The van der Waals surface area contributed by atoms with E-state index >= 15 is 0 Å². The van der Waals surface area contributed by atoms with E-state index in [1.54, 1.807) is 25.4 Å². The van der Waals surface area contributed by atoms with Crippen molar-refractivity contribution < 1.29 is 19.1 Å². The number of hydrogen-bond donors (Lipinski definition) is 1. The lowest BCUT2D eigenvalue weighted by Crippen LogP contribution is -2.28. The van der Waals surface area contributed by atoms with E-state index in [0.29, 0.717) is 11.4 Å². The molecule has 7 heteroatoms. The number of esters is 1. The molecular weight excluding hydrogens is 394 g/mol. The molecule has 1 amide bonds. The fourth-order valence-electron chi connectivity index (χ4n) is 3.88. The normalized spacial score (nSPS) is 15.0. The van der Waals surface area contributed by atoms with Crippen LogP contribution in [-0.2, 0) is 19.1 Å². The molecule has 158 valence electrons. The number of pyridine rings is 1. The number of benzene rings is 1. The molecule has 2 heterocycles. The number of rotatable bonds is 5. The molecule has 0 bridgehead atoms. The highest BCUT2D eigenvalue weighted by atomic mass is 16.5. The summed E-state index contributed by atoms with van der Waals surface area (Å²) >= 11 is 0. The SMILES string of the molecule is CCOC(=O)C1=CN(C2CC2)c2c(ccc(-c3ccc(NC(C)=O)nc3)c2C)C1=C=O. The number of carbonyl (C=O) groups excluding carboxylic acids is 3. The number of anilines is 2. The minimum Gasteiger partial charge on any atom is -0.462 e. The fourth-order valence-corrected chi connectivity index (χ4v) is 3.88. The Hall–Kier alpha value is -3.70. The number of nitrogens with one attached hydrogen (secondary N) is 1. The maximum Gasteiger partial charge on any atom is 0.341 e. The summed E-state index contributed by atoms with van der Waals surface area (Å²) in [6, 6.07) is 7.70. The Labute approximate surface area is 180 Å². The van der Waals surface area contributed by atoms with Crippen molar-refractivity contribution in [2.75, 3.05) is 16.8 Å². The van der Waals surface area contributed by atoms with Gasteiger partial charge in [-0.25, -0.2) is 14.6 Å². The first kappa shape index (κ1) is 20.6. The van der Waals surface area contributed by atoms with E-state index < -0.39 is 5.97 Å². The lowest BCUT2D eigenvalue weighted by Gasteiger charge is -2.31. The second-order valence-electron chi connectivity index (χ2n) is 7.63. The maximum absolute atomic E-state index is 12.5. The zero-order valence-electron chi connectivity index (χ0n) is 17.7. The molecule has 4 rings (SSSR count). The van der Waals surface area contributed by atoms with Gasteiger partial charge in [0.2, 0.25) is 5.91 Å². The first-order valence-corrected chi connectivity index (χ1v) is 10.2. The van der Waals surface area contributed by atoms with Gasteiger partial charge in [-0.1, -0.05) is 12.1 Å². The van der Waals surface area contributed by atoms with Crippen LogP contribution >= 0.6 is 0 Å². The molecule has 7 nitrogen and oxygen atoms in total. The van der Waals surface area contributed by atoms with Gasteiger partial charge in [-0.3, -0.25) is 4.79 Å². The highest BCUT2D eigenvalue weighted by Gasteiger charge is 2.37. The van der Waals surface area contributed by atoms with Gasteiger partial charge in [0.05, 0.1) is 23.4 Å². The van der Waals surface area contributed by atoms with Crippen LogP contribution in [0.2, 0.25) is 0 Å². The first-order valence-electron chi connectivity index (χ1n) is 10.2. The van der Waals surface area contributed by atoms with Gasteiger partial charge in [-0.15, -0.1) is 0 Å². The number of ether oxygens (including phenoxy) is 1. The van der Waals surface area contributed by atoms with Crippen LogP contribution in [0.4, 0.5) is 11.5 Å². The Morgan fingerprint density at radius 1 is 1.23 bits per heavy atom. The van der Waals surface area contributed by atoms with Gasteiger partial charge < -0.3 is 15.0 Å². The first-order chi connectivity index (χ1) is 14.9. The van der Waals surface area contributed by atoms with Crippen LogP contribution in [0.15, 0.2) is 42.2 Å². The molecule has 0 saturated heterocycles. The highest BCUT2D eigenvalue weighted by molar-refractivity contribution is 6.17. The number of aromatic nitrogens is 1. The van der Waals surface area contributed by atoms with Crippen molar-refractivity contribution in [3.05, 3.63) is 53.4 Å². The maximum atomic E-state index is 12.5. The van der Waals surface area contributed by atoms with E-state index in [0.717, 1.165) is 35.2 Å². The van der Waals surface area contributed by atoms with Crippen molar-refractivity contribution in [2.24, 2.45) is 0 Å². The van der Waals surface area contributed by atoms with Gasteiger partial charge in [0.25, 0.3) is 0 Å². The molecule has 31 heavy (non-hydrogen) atoms. The summed E-state index contributed by atoms with van der Waals surface area (Å²) < 4.78 is 5.17. The number of amides is 1. The van der Waals surface area contributed by atoms with Gasteiger partial charge >= 0.3 is 5.97 Å². The van der Waals surface area contributed by atoms with Gasteiger partial charge in [0.1, 0.15) is 11.8 Å². The zero-order valence-corrected chi connectivity index (χ0v) is 17.7. The van der Waals surface area contributed by atoms with E-state index in [2.05, 4.69) is 15.2 Å². The lowest BCUT2D eigenvalue weighted by molar-refractivity contribution is -0.138. The van der Waals surface area contributed by atoms with Crippen LogP contribution in [0.5, 0.6) is 0 Å². The number of fused-ring (bicyclic) bond motifs is 1. The van der Waals surface area contributed by atoms with Crippen LogP contribution in [0, 0.1) is 6.92 Å². The Morgan fingerprint density at radius 3 is 2.55 bits per heavy atom. The quantitative estimate of drug-likeness (QED) is 0.590. The van der Waals surface area contributed by atoms with Crippen LogP contribution in [0.3, 0.4) is 0 Å². The molecule has 0 unspecified atom stereocenters. The minimum atomic E-state index is -0.517. The standard InChI is InChI=1S/C24H23N3O4/c1-4-31-24(30)20-12-27(17-6-7-17)23-14(2)18(8-9-19(23)21(20)13-28)16-5-10-22(25-11-16)26-15(3)29/h5,8-12,17H,4,6-7H2,1-3H3,(H,25,26,29). The molecule has 2 aromatic rings. The second kappa shape index (κ2) is 8.20. The molecule has 1 aromatic carbocycles. The molecule has 0 radical (unpaired) electrons. The van der Waals surface area contributed by atoms with Gasteiger partial charge in [0, 0.05) is 36.5 Å². The number of nitrogens with zero attached hydrogens (tertiary/aromatic N) is 2. The monoisotopic (exact) mass is 417 g/mol. The van der Waals surface area contributed by atoms with E-state index in [9.17, 15) is 14.4 Å². The van der Waals surface area contributed by atoms with E-state index in [1.807, 2.05) is 31.1 Å². The van der Waals surface area contributed by atoms with Crippen LogP contribution in [0.25, 0.3) is 16.7 Å². The summed E-state index contributed by atoms with van der Waals surface area (Å²) in [7, 11) is 0. The molecule has 1 N–H and O–H groups in total. The molecule has 1 aliphatic heterocycles. The second-order valence-corrected chi connectivity index (χ2v) is 7.63. The Balaban J connectivity index is 1.80. The molecular formula is C24H23N3O4. The molecule has 1 saturated carbocycles. The number of hydrogen-bond acceptors (Lipinski definition) is 6. The summed E-state index contributed by atoms with van der Waals surface area (Å²) in [4.78, 5) is 42.0. The minimum absolute atomic E-state index is 0.178.